The highest BCUT2D eigenvalue weighted by atomic mass is 35.5. The van der Waals surface area contributed by atoms with Gasteiger partial charge in [0, 0.05) is 25.6 Å². The molecule has 1 aliphatic rings. The Kier molecular flexibility index (Phi) is 4.27. The van der Waals surface area contributed by atoms with Crippen molar-refractivity contribution < 1.29 is 4.74 Å². The maximum atomic E-state index is 8.79. The van der Waals surface area contributed by atoms with E-state index in [0.717, 1.165) is 31.6 Å². The predicted molar refractivity (Wildman–Crippen MR) is 71.0 cm³/mol. The molecule has 1 aromatic heterocycles. The molecule has 0 aromatic carbocycles. The van der Waals surface area contributed by atoms with Gasteiger partial charge in [0.1, 0.15) is 0 Å². The van der Waals surface area contributed by atoms with E-state index >= 15 is 0 Å². The lowest BCUT2D eigenvalue weighted by atomic mass is 9.95. The van der Waals surface area contributed by atoms with Gasteiger partial charge in [0.25, 0.3) is 0 Å². The average Bonchev–Trinajstić information content (AvgIpc) is 2.40. The lowest BCUT2D eigenvalue weighted by molar-refractivity contribution is 0.396. The summed E-state index contributed by atoms with van der Waals surface area (Å²) in [6.07, 6.45) is 4.43. The molecule has 1 aromatic rings. The second-order valence-corrected chi connectivity index (χ2v) is 4.90. The summed E-state index contributed by atoms with van der Waals surface area (Å²) in [5, 5.41) is 9.42. The summed E-state index contributed by atoms with van der Waals surface area (Å²) in [7, 11) is 1.59. The fourth-order valence-electron chi connectivity index (χ4n) is 2.34. The monoisotopic (exact) mass is 265 g/mol. The van der Waals surface area contributed by atoms with Crippen molar-refractivity contribution in [3.05, 3.63) is 17.3 Å². The van der Waals surface area contributed by atoms with Gasteiger partial charge in [-0.2, -0.15) is 5.26 Å². The van der Waals surface area contributed by atoms with Crippen LogP contribution in [0, 0.1) is 17.2 Å². The quantitative estimate of drug-likeness (QED) is 0.843. The van der Waals surface area contributed by atoms with Gasteiger partial charge >= 0.3 is 0 Å². The van der Waals surface area contributed by atoms with E-state index in [0.29, 0.717) is 23.2 Å². The maximum absolute atomic E-state index is 8.79. The molecule has 0 N–H and O–H groups in total. The molecule has 1 atom stereocenters. The standard InChI is InChI=1S/C13H16ClN3O/c1-18-13-7-12(11(14)8-16-13)17-6-2-3-10(9-17)4-5-15/h7-8,10H,2-4,6,9H2,1H3. The van der Waals surface area contributed by atoms with Gasteiger partial charge < -0.3 is 9.64 Å². The normalized spacial score (nSPS) is 19.4. The second-order valence-electron chi connectivity index (χ2n) is 4.49. The van der Waals surface area contributed by atoms with Crippen LogP contribution in [0.2, 0.25) is 5.02 Å². The van der Waals surface area contributed by atoms with E-state index in [1.165, 1.54) is 0 Å². The van der Waals surface area contributed by atoms with Crippen LogP contribution in [-0.4, -0.2) is 25.2 Å². The van der Waals surface area contributed by atoms with Gasteiger partial charge in [-0.05, 0) is 18.8 Å². The first kappa shape index (κ1) is 13.0. The zero-order chi connectivity index (χ0) is 13.0. The van der Waals surface area contributed by atoms with E-state index < -0.39 is 0 Å². The molecular weight excluding hydrogens is 250 g/mol. The molecule has 2 rings (SSSR count). The zero-order valence-corrected chi connectivity index (χ0v) is 11.2. The Balaban J connectivity index is 2.17. The average molecular weight is 266 g/mol. The van der Waals surface area contributed by atoms with Gasteiger partial charge in [0.2, 0.25) is 5.88 Å². The number of hydrogen-bond donors (Lipinski definition) is 0. The van der Waals surface area contributed by atoms with Gasteiger partial charge in [-0.1, -0.05) is 11.6 Å². The van der Waals surface area contributed by atoms with Crippen LogP contribution < -0.4 is 9.64 Å². The summed E-state index contributed by atoms with van der Waals surface area (Å²) in [5.74, 6) is 0.996. The van der Waals surface area contributed by atoms with Crippen molar-refractivity contribution >= 4 is 17.3 Å². The highest BCUT2D eigenvalue weighted by Crippen LogP contribution is 2.32. The molecule has 1 saturated heterocycles. The Bertz CT molecular complexity index is 458. The third-order valence-corrected chi connectivity index (χ3v) is 3.55. The Hall–Kier alpha value is -1.47. The van der Waals surface area contributed by atoms with Crippen molar-refractivity contribution in [2.75, 3.05) is 25.1 Å². The number of piperidine rings is 1. The molecule has 0 aliphatic carbocycles. The fraction of sp³-hybridized carbons (Fsp3) is 0.538. The topological polar surface area (TPSA) is 49.1 Å². The third-order valence-electron chi connectivity index (χ3n) is 3.26. The number of methoxy groups -OCH3 is 1. The van der Waals surface area contributed by atoms with Crippen LogP contribution in [0.4, 0.5) is 5.69 Å². The van der Waals surface area contributed by atoms with E-state index in [-0.39, 0.29) is 0 Å². The first-order valence-corrected chi connectivity index (χ1v) is 6.44. The molecule has 0 bridgehead atoms. The first-order chi connectivity index (χ1) is 8.74. The van der Waals surface area contributed by atoms with Crippen molar-refractivity contribution in [3.8, 4) is 11.9 Å². The molecular formula is C13H16ClN3O. The number of ether oxygens (including phenoxy) is 1. The smallest absolute Gasteiger partial charge is 0.215 e. The molecule has 0 radical (unpaired) electrons. The summed E-state index contributed by atoms with van der Waals surface area (Å²) < 4.78 is 5.13. The number of halogens is 1. The summed E-state index contributed by atoms with van der Waals surface area (Å²) in [5.41, 5.74) is 0.950. The van der Waals surface area contributed by atoms with Gasteiger partial charge in [-0.15, -0.1) is 0 Å². The molecule has 1 fully saturated rings. The van der Waals surface area contributed by atoms with E-state index in [1.54, 1.807) is 13.3 Å². The van der Waals surface area contributed by atoms with Gasteiger partial charge in [-0.3, -0.25) is 0 Å². The number of nitriles is 1. The molecule has 4 nitrogen and oxygen atoms in total. The SMILES string of the molecule is COc1cc(N2CCCC(CC#N)C2)c(Cl)cn1. The van der Waals surface area contributed by atoms with Crippen LogP contribution >= 0.6 is 11.6 Å². The molecule has 96 valence electrons. The summed E-state index contributed by atoms with van der Waals surface area (Å²) in [6, 6.07) is 4.11. The number of hydrogen-bond acceptors (Lipinski definition) is 4. The number of aromatic nitrogens is 1. The minimum atomic E-state index is 0.430. The Morgan fingerprint density at radius 3 is 3.22 bits per heavy atom. The van der Waals surface area contributed by atoms with E-state index in [9.17, 15) is 0 Å². The molecule has 0 spiro atoms. The molecule has 2 heterocycles. The number of rotatable bonds is 3. The van der Waals surface area contributed by atoms with Crippen LogP contribution in [0.15, 0.2) is 12.3 Å². The maximum Gasteiger partial charge on any atom is 0.215 e. The Labute approximate surface area is 112 Å². The highest BCUT2D eigenvalue weighted by molar-refractivity contribution is 6.33. The third kappa shape index (κ3) is 2.85. The van der Waals surface area contributed by atoms with Crippen molar-refractivity contribution in [2.24, 2.45) is 5.92 Å². The minimum absolute atomic E-state index is 0.430. The largest absolute Gasteiger partial charge is 0.481 e. The van der Waals surface area contributed by atoms with E-state index in [4.69, 9.17) is 21.6 Å². The van der Waals surface area contributed by atoms with Gasteiger partial charge in [-0.25, -0.2) is 4.98 Å². The van der Waals surface area contributed by atoms with Crippen LogP contribution in [0.3, 0.4) is 0 Å². The first-order valence-electron chi connectivity index (χ1n) is 6.06. The molecule has 5 heteroatoms. The van der Waals surface area contributed by atoms with Crippen LogP contribution in [0.1, 0.15) is 19.3 Å². The van der Waals surface area contributed by atoms with E-state index in [1.807, 2.05) is 6.07 Å². The van der Waals surface area contributed by atoms with Crippen molar-refractivity contribution in [3.63, 3.8) is 0 Å². The van der Waals surface area contributed by atoms with Crippen LogP contribution in [0.5, 0.6) is 5.88 Å². The molecule has 0 saturated carbocycles. The highest BCUT2D eigenvalue weighted by Gasteiger charge is 2.22. The van der Waals surface area contributed by atoms with Crippen LogP contribution in [-0.2, 0) is 0 Å². The molecule has 18 heavy (non-hydrogen) atoms. The predicted octanol–water partition coefficient (Wildman–Crippen LogP) is 2.87. The molecule has 0 amide bonds. The molecule has 1 aliphatic heterocycles. The summed E-state index contributed by atoms with van der Waals surface area (Å²) in [6.45, 7) is 1.84. The van der Waals surface area contributed by atoms with Crippen LogP contribution in [0.25, 0.3) is 0 Å². The van der Waals surface area contributed by atoms with E-state index in [2.05, 4.69) is 16.0 Å². The van der Waals surface area contributed by atoms with Crippen molar-refractivity contribution in [2.45, 2.75) is 19.3 Å². The Morgan fingerprint density at radius 1 is 1.67 bits per heavy atom. The minimum Gasteiger partial charge on any atom is -0.481 e. The number of nitrogens with zero attached hydrogens (tertiary/aromatic N) is 3. The number of pyridine rings is 1. The lowest BCUT2D eigenvalue weighted by Gasteiger charge is -2.34. The zero-order valence-electron chi connectivity index (χ0n) is 10.4. The van der Waals surface area contributed by atoms with Gasteiger partial charge in [0.15, 0.2) is 0 Å². The fourth-order valence-corrected chi connectivity index (χ4v) is 2.57. The van der Waals surface area contributed by atoms with Crippen molar-refractivity contribution in [1.29, 1.82) is 5.26 Å². The second kappa shape index (κ2) is 5.92. The lowest BCUT2D eigenvalue weighted by Crippen LogP contribution is -2.35. The molecule has 1 unspecified atom stereocenters. The van der Waals surface area contributed by atoms with Crippen molar-refractivity contribution in [1.82, 2.24) is 4.98 Å². The van der Waals surface area contributed by atoms with Gasteiger partial charge in [0.05, 0.1) is 30.1 Å². The Morgan fingerprint density at radius 2 is 2.50 bits per heavy atom. The number of anilines is 1. The summed E-state index contributed by atoms with van der Waals surface area (Å²) >= 11 is 6.19. The summed E-state index contributed by atoms with van der Waals surface area (Å²) in [4.78, 5) is 6.29.